The average Bonchev–Trinajstić information content (AvgIpc) is 2.96. The van der Waals surface area contributed by atoms with Crippen LogP contribution < -0.4 is 10.6 Å². The fourth-order valence-corrected chi connectivity index (χ4v) is 4.68. The fourth-order valence-electron chi connectivity index (χ4n) is 4.68. The van der Waals surface area contributed by atoms with Crippen LogP contribution in [0.15, 0.2) is 72.8 Å². The molecular formula is C33H37FN2O6. The molecule has 0 aromatic heterocycles. The molecular weight excluding hydrogens is 539 g/mol. The maximum atomic E-state index is 14.8. The summed E-state index contributed by atoms with van der Waals surface area (Å²) in [6.45, 7) is 3.82. The maximum absolute atomic E-state index is 14.8. The van der Waals surface area contributed by atoms with E-state index in [0.29, 0.717) is 36.1 Å². The standard InChI is InChI=1S/C33H37FN2O6/c1-21(2)18-29(32(40)35-26-15-13-24(14-16-26)33(41)42-3)36-31(39)25(20-30(37)38)11-7-8-22-12-17-27(28(34)19-22)23-9-5-4-6-10-23/h4-6,9-10,12-17,19,21,25,29H,7-8,11,18,20H2,1-3H3,(H,35,40)(H,36,39)(H,37,38). The van der Waals surface area contributed by atoms with Gasteiger partial charge in [0.1, 0.15) is 11.9 Å². The van der Waals surface area contributed by atoms with Crippen LogP contribution in [0.2, 0.25) is 0 Å². The number of halogens is 1. The number of benzene rings is 3. The number of amides is 2. The highest BCUT2D eigenvalue weighted by Gasteiger charge is 2.28. The SMILES string of the molecule is COC(=O)c1ccc(NC(=O)C(CC(C)C)NC(=O)C(CCCc2ccc(-c3ccccc3)c(F)c2)CC(=O)O)cc1. The van der Waals surface area contributed by atoms with Crippen molar-refractivity contribution >= 4 is 29.4 Å². The molecule has 0 aliphatic carbocycles. The van der Waals surface area contributed by atoms with E-state index in [1.54, 1.807) is 18.2 Å². The van der Waals surface area contributed by atoms with Crippen molar-refractivity contribution in [3.05, 3.63) is 89.7 Å². The third kappa shape index (κ3) is 9.54. The van der Waals surface area contributed by atoms with Gasteiger partial charge in [-0.3, -0.25) is 14.4 Å². The Morgan fingerprint density at radius 2 is 1.62 bits per heavy atom. The highest BCUT2D eigenvalue weighted by atomic mass is 19.1. The Hall–Kier alpha value is -4.53. The summed E-state index contributed by atoms with van der Waals surface area (Å²) >= 11 is 0. The van der Waals surface area contributed by atoms with Gasteiger partial charge in [-0.1, -0.05) is 56.3 Å². The van der Waals surface area contributed by atoms with Crippen LogP contribution in [0.25, 0.3) is 11.1 Å². The molecule has 3 aromatic carbocycles. The molecule has 8 nitrogen and oxygen atoms in total. The van der Waals surface area contributed by atoms with Gasteiger partial charge in [-0.15, -0.1) is 0 Å². The molecule has 2 amide bonds. The largest absolute Gasteiger partial charge is 0.481 e. The molecule has 0 spiro atoms. The zero-order chi connectivity index (χ0) is 30.6. The topological polar surface area (TPSA) is 122 Å². The number of carbonyl (C=O) groups is 4. The minimum Gasteiger partial charge on any atom is -0.481 e. The third-order valence-corrected chi connectivity index (χ3v) is 6.84. The summed E-state index contributed by atoms with van der Waals surface area (Å²) in [6.07, 6.45) is 1.13. The van der Waals surface area contributed by atoms with Gasteiger partial charge in [-0.2, -0.15) is 0 Å². The lowest BCUT2D eigenvalue weighted by atomic mass is 9.94. The molecule has 3 N–H and O–H groups in total. The van der Waals surface area contributed by atoms with Gasteiger partial charge in [0.25, 0.3) is 0 Å². The first-order valence-corrected chi connectivity index (χ1v) is 13.9. The van der Waals surface area contributed by atoms with Gasteiger partial charge < -0.3 is 20.5 Å². The van der Waals surface area contributed by atoms with Crippen LogP contribution in [0.5, 0.6) is 0 Å². The number of rotatable bonds is 14. The van der Waals surface area contributed by atoms with Crippen molar-refractivity contribution in [2.45, 2.75) is 52.0 Å². The van der Waals surface area contributed by atoms with E-state index in [1.807, 2.05) is 50.2 Å². The zero-order valence-corrected chi connectivity index (χ0v) is 24.1. The quantitative estimate of drug-likeness (QED) is 0.207. The van der Waals surface area contributed by atoms with Gasteiger partial charge in [-0.05, 0) is 73.1 Å². The van der Waals surface area contributed by atoms with Gasteiger partial charge in [0, 0.05) is 17.2 Å². The molecule has 0 radical (unpaired) electrons. The van der Waals surface area contributed by atoms with E-state index in [4.69, 9.17) is 0 Å². The van der Waals surface area contributed by atoms with Crippen molar-refractivity contribution in [1.82, 2.24) is 5.32 Å². The van der Waals surface area contributed by atoms with Crippen LogP contribution >= 0.6 is 0 Å². The Morgan fingerprint density at radius 3 is 2.21 bits per heavy atom. The minimum absolute atomic E-state index is 0.0643. The van der Waals surface area contributed by atoms with Crippen LogP contribution in [0, 0.1) is 17.7 Å². The Balaban J connectivity index is 1.63. The van der Waals surface area contributed by atoms with Crippen LogP contribution in [-0.4, -0.2) is 42.0 Å². The number of ether oxygens (including phenoxy) is 1. The molecule has 0 heterocycles. The first-order chi connectivity index (χ1) is 20.1. The van der Waals surface area contributed by atoms with Crippen molar-refractivity contribution in [3.63, 3.8) is 0 Å². The molecule has 2 unspecified atom stereocenters. The minimum atomic E-state index is -1.12. The van der Waals surface area contributed by atoms with Crippen LogP contribution in [0.4, 0.5) is 10.1 Å². The second-order valence-corrected chi connectivity index (χ2v) is 10.6. The first-order valence-electron chi connectivity index (χ1n) is 13.9. The van der Waals surface area contributed by atoms with Crippen molar-refractivity contribution in [3.8, 4) is 11.1 Å². The lowest BCUT2D eigenvalue weighted by molar-refractivity contribution is -0.141. The number of aliphatic carboxylic acids is 1. The number of hydrogen-bond donors (Lipinski definition) is 3. The fraction of sp³-hybridized carbons (Fsp3) is 0.333. The second kappa shape index (κ2) is 15.5. The molecule has 3 aromatic rings. The third-order valence-electron chi connectivity index (χ3n) is 6.84. The number of esters is 1. The molecule has 222 valence electrons. The lowest BCUT2D eigenvalue weighted by Crippen LogP contribution is -2.47. The smallest absolute Gasteiger partial charge is 0.337 e. The van der Waals surface area contributed by atoms with Crippen molar-refractivity contribution < 1.29 is 33.4 Å². The number of hydrogen-bond acceptors (Lipinski definition) is 5. The van der Waals surface area contributed by atoms with Gasteiger partial charge in [0.15, 0.2) is 0 Å². The zero-order valence-electron chi connectivity index (χ0n) is 24.1. The van der Waals surface area contributed by atoms with Crippen molar-refractivity contribution in [2.24, 2.45) is 11.8 Å². The Labute approximate surface area is 245 Å². The van der Waals surface area contributed by atoms with E-state index in [1.165, 1.54) is 25.3 Å². The molecule has 0 fully saturated rings. The second-order valence-electron chi connectivity index (χ2n) is 10.6. The van der Waals surface area contributed by atoms with E-state index < -0.39 is 42.1 Å². The van der Waals surface area contributed by atoms with E-state index in [2.05, 4.69) is 15.4 Å². The molecule has 0 aliphatic rings. The van der Waals surface area contributed by atoms with Crippen LogP contribution in [0.3, 0.4) is 0 Å². The summed E-state index contributed by atoms with van der Waals surface area (Å²) < 4.78 is 19.5. The molecule has 2 atom stereocenters. The average molecular weight is 577 g/mol. The van der Waals surface area contributed by atoms with E-state index in [0.717, 1.165) is 11.1 Å². The highest BCUT2D eigenvalue weighted by Crippen LogP contribution is 2.25. The highest BCUT2D eigenvalue weighted by molar-refractivity contribution is 5.98. The van der Waals surface area contributed by atoms with Gasteiger partial charge >= 0.3 is 11.9 Å². The molecule has 9 heteroatoms. The summed E-state index contributed by atoms with van der Waals surface area (Å²) in [7, 11) is 1.28. The van der Waals surface area contributed by atoms with Crippen molar-refractivity contribution in [1.29, 1.82) is 0 Å². The molecule has 0 saturated carbocycles. The Kier molecular flexibility index (Phi) is 11.8. The molecule has 3 rings (SSSR count). The summed E-state index contributed by atoms with van der Waals surface area (Å²) in [6, 6.07) is 19.5. The Morgan fingerprint density at radius 1 is 0.929 bits per heavy atom. The number of anilines is 1. The number of carboxylic acids is 1. The normalized spacial score (nSPS) is 12.3. The molecule has 0 aliphatic heterocycles. The maximum Gasteiger partial charge on any atom is 0.337 e. The van der Waals surface area contributed by atoms with E-state index >= 15 is 0 Å². The molecule has 0 saturated heterocycles. The number of aryl methyl sites for hydroxylation is 1. The van der Waals surface area contributed by atoms with Crippen molar-refractivity contribution in [2.75, 3.05) is 12.4 Å². The van der Waals surface area contributed by atoms with Crippen LogP contribution in [0.1, 0.15) is 55.5 Å². The lowest BCUT2D eigenvalue weighted by Gasteiger charge is -2.23. The van der Waals surface area contributed by atoms with Gasteiger partial charge in [0.05, 0.1) is 19.1 Å². The number of methoxy groups -OCH3 is 1. The Bertz CT molecular complexity index is 1380. The number of carbonyl (C=O) groups excluding carboxylic acids is 3. The predicted octanol–water partition coefficient (Wildman–Crippen LogP) is 5.86. The van der Waals surface area contributed by atoms with Gasteiger partial charge in [-0.25, -0.2) is 9.18 Å². The predicted molar refractivity (Wildman–Crippen MR) is 158 cm³/mol. The number of nitrogens with one attached hydrogen (secondary N) is 2. The van der Waals surface area contributed by atoms with E-state index in [9.17, 15) is 28.7 Å². The van der Waals surface area contributed by atoms with Crippen LogP contribution in [-0.2, 0) is 25.5 Å². The summed E-state index contributed by atoms with van der Waals surface area (Å²) in [4.78, 5) is 49.5. The summed E-state index contributed by atoms with van der Waals surface area (Å²) in [5.74, 6) is -3.75. The number of carboxylic acid groups (broad SMARTS) is 1. The summed E-state index contributed by atoms with van der Waals surface area (Å²) in [5, 5.41) is 14.9. The summed E-state index contributed by atoms with van der Waals surface area (Å²) in [5.41, 5.74) is 2.78. The monoisotopic (exact) mass is 576 g/mol. The molecule has 0 bridgehead atoms. The van der Waals surface area contributed by atoms with E-state index in [-0.39, 0.29) is 18.2 Å². The first kappa shape index (κ1) is 32.0. The van der Waals surface area contributed by atoms with Gasteiger partial charge in [0.2, 0.25) is 11.8 Å². The molecule has 42 heavy (non-hydrogen) atoms.